The van der Waals surface area contributed by atoms with E-state index in [-0.39, 0.29) is 11.9 Å². The van der Waals surface area contributed by atoms with Gasteiger partial charge in [0.05, 0.1) is 0 Å². The van der Waals surface area contributed by atoms with E-state index in [4.69, 9.17) is 0 Å². The molecular weight excluding hydrogens is 254 g/mol. The van der Waals surface area contributed by atoms with E-state index in [1.165, 1.54) is 5.56 Å². The summed E-state index contributed by atoms with van der Waals surface area (Å²) in [5.41, 5.74) is 2.31. The fourth-order valence-corrected chi connectivity index (χ4v) is 3.14. The minimum Gasteiger partial charge on any atom is -0.305 e. The zero-order valence-corrected chi connectivity index (χ0v) is 11.6. The standard InChI is InChI=1S/C16H15NOS/c1-12-11-13-5-2-3-7-15(13)17(12)16(18)9-8-14-6-4-10-19-14/h2-10,12H,11H2,1H3/b9-8+. The molecule has 0 N–H and O–H groups in total. The molecule has 96 valence electrons. The number of para-hydroxylation sites is 1. The first kappa shape index (κ1) is 12.2. The molecule has 2 aromatic rings. The van der Waals surface area contributed by atoms with Crippen molar-refractivity contribution in [3.05, 3.63) is 58.3 Å². The predicted molar refractivity (Wildman–Crippen MR) is 80.4 cm³/mol. The Hall–Kier alpha value is -1.87. The number of hydrogen-bond acceptors (Lipinski definition) is 2. The molecule has 2 nitrogen and oxygen atoms in total. The summed E-state index contributed by atoms with van der Waals surface area (Å²) in [6, 6.07) is 12.4. The highest BCUT2D eigenvalue weighted by Gasteiger charge is 2.29. The summed E-state index contributed by atoms with van der Waals surface area (Å²) in [4.78, 5) is 15.4. The maximum atomic E-state index is 12.4. The Kier molecular flexibility index (Phi) is 3.22. The molecule has 0 spiro atoms. The predicted octanol–water partition coefficient (Wildman–Crippen LogP) is 3.74. The van der Waals surface area contributed by atoms with Gasteiger partial charge in [-0.25, -0.2) is 0 Å². The Balaban J connectivity index is 1.84. The molecule has 1 amide bonds. The topological polar surface area (TPSA) is 20.3 Å². The van der Waals surface area contributed by atoms with Crippen molar-refractivity contribution >= 4 is 29.0 Å². The smallest absolute Gasteiger partial charge is 0.251 e. The van der Waals surface area contributed by atoms with Gasteiger partial charge in [0.2, 0.25) is 0 Å². The largest absolute Gasteiger partial charge is 0.305 e. The molecule has 0 aliphatic carbocycles. The minimum atomic E-state index is 0.0610. The third-order valence-electron chi connectivity index (χ3n) is 3.38. The Morgan fingerprint density at radius 3 is 2.95 bits per heavy atom. The van der Waals surface area contributed by atoms with E-state index < -0.39 is 0 Å². The van der Waals surface area contributed by atoms with Gasteiger partial charge in [0.15, 0.2) is 0 Å². The van der Waals surface area contributed by atoms with E-state index in [9.17, 15) is 4.79 Å². The van der Waals surface area contributed by atoms with Gasteiger partial charge < -0.3 is 4.90 Å². The van der Waals surface area contributed by atoms with Gasteiger partial charge in [-0.05, 0) is 42.5 Å². The van der Waals surface area contributed by atoms with Gasteiger partial charge in [0, 0.05) is 22.7 Å². The number of anilines is 1. The second-order valence-electron chi connectivity index (χ2n) is 4.74. The second-order valence-corrected chi connectivity index (χ2v) is 5.72. The molecule has 0 saturated carbocycles. The van der Waals surface area contributed by atoms with Crippen LogP contribution in [0.1, 0.15) is 17.4 Å². The van der Waals surface area contributed by atoms with Crippen molar-refractivity contribution in [1.29, 1.82) is 0 Å². The molecule has 3 rings (SSSR count). The molecule has 1 atom stereocenters. The van der Waals surface area contributed by atoms with Crippen molar-refractivity contribution < 1.29 is 4.79 Å². The molecule has 1 aliphatic heterocycles. The number of rotatable bonds is 2. The third-order valence-corrected chi connectivity index (χ3v) is 4.22. The zero-order valence-electron chi connectivity index (χ0n) is 10.7. The average molecular weight is 269 g/mol. The van der Waals surface area contributed by atoms with Gasteiger partial charge in [-0.1, -0.05) is 24.3 Å². The molecule has 0 saturated heterocycles. The number of thiophene rings is 1. The van der Waals surface area contributed by atoms with Crippen molar-refractivity contribution in [2.75, 3.05) is 4.90 Å². The lowest BCUT2D eigenvalue weighted by molar-refractivity contribution is -0.114. The van der Waals surface area contributed by atoms with Crippen molar-refractivity contribution in [3.63, 3.8) is 0 Å². The van der Waals surface area contributed by atoms with Crippen molar-refractivity contribution in [1.82, 2.24) is 0 Å². The first-order chi connectivity index (χ1) is 9.25. The molecular formula is C16H15NOS. The molecule has 2 heterocycles. The van der Waals surface area contributed by atoms with Crippen LogP contribution in [0.4, 0.5) is 5.69 Å². The van der Waals surface area contributed by atoms with Crippen LogP contribution >= 0.6 is 11.3 Å². The Morgan fingerprint density at radius 2 is 2.16 bits per heavy atom. The zero-order chi connectivity index (χ0) is 13.2. The summed E-state index contributed by atoms with van der Waals surface area (Å²) in [6.07, 6.45) is 4.50. The molecule has 1 aromatic heterocycles. The number of carbonyl (C=O) groups is 1. The highest BCUT2D eigenvalue weighted by molar-refractivity contribution is 7.10. The number of amides is 1. The summed E-state index contributed by atoms with van der Waals surface area (Å²) < 4.78 is 0. The molecule has 1 aliphatic rings. The van der Waals surface area contributed by atoms with Gasteiger partial charge in [-0.3, -0.25) is 4.79 Å². The number of nitrogens with zero attached hydrogens (tertiary/aromatic N) is 1. The van der Waals surface area contributed by atoms with Crippen LogP contribution in [0.3, 0.4) is 0 Å². The van der Waals surface area contributed by atoms with Crippen molar-refractivity contribution in [2.45, 2.75) is 19.4 Å². The van der Waals surface area contributed by atoms with Crippen molar-refractivity contribution in [3.8, 4) is 0 Å². The maximum Gasteiger partial charge on any atom is 0.251 e. The van der Waals surface area contributed by atoms with Gasteiger partial charge in [0.1, 0.15) is 0 Å². The molecule has 3 heteroatoms. The van der Waals surface area contributed by atoms with E-state index in [0.717, 1.165) is 17.0 Å². The third kappa shape index (κ3) is 2.34. The van der Waals surface area contributed by atoms with E-state index in [1.807, 2.05) is 46.7 Å². The monoisotopic (exact) mass is 269 g/mol. The van der Waals surface area contributed by atoms with Gasteiger partial charge >= 0.3 is 0 Å². The van der Waals surface area contributed by atoms with E-state index in [2.05, 4.69) is 13.0 Å². The van der Waals surface area contributed by atoms with Crippen LogP contribution in [0.2, 0.25) is 0 Å². The summed E-state index contributed by atoms with van der Waals surface area (Å²) in [6.45, 7) is 2.09. The Bertz CT molecular complexity index is 615. The molecule has 19 heavy (non-hydrogen) atoms. The van der Waals surface area contributed by atoms with Gasteiger partial charge in [-0.2, -0.15) is 0 Å². The summed E-state index contributed by atoms with van der Waals surface area (Å²) in [5.74, 6) is 0.0610. The van der Waals surface area contributed by atoms with Crippen molar-refractivity contribution in [2.24, 2.45) is 0 Å². The average Bonchev–Trinajstić information content (AvgIpc) is 3.02. The number of fused-ring (bicyclic) bond motifs is 1. The molecule has 0 radical (unpaired) electrons. The van der Waals surface area contributed by atoms with Crippen LogP contribution < -0.4 is 4.90 Å². The summed E-state index contributed by atoms with van der Waals surface area (Å²) in [7, 11) is 0. The Labute approximate surface area is 117 Å². The van der Waals surface area contributed by atoms with E-state index >= 15 is 0 Å². The molecule has 0 fully saturated rings. The molecule has 0 bridgehead atoms. The number of benzene rings is 1. The van der Waals surface area contributed by atoms with Crippen LogP contribution in [-0.4, -0.2) is 11.9 Å². The van der Waals surface area contributed by atoms with E-state index in [0.29, 0.717) is 0 Å². The second kappa shape index (κ2) is 5.02. The lowest BCUT2D eigenvalue weighted by Gasteiger charge is -2.20. The first-order valence-corrected chi connectivity index (χ1v) is 7.26. The fraction of sp³-hybridized carbons (Fsp3) is 0.188. The lowest BCUT2D eigenvalue weighted by Crippen LogP contribution is -2.34. The van der Waals surface area contributed by atoms with Crippen LogP contribution in [-0.2, 0) is 11.2 Å². The molecule has 1 unspecified atom stereocenters. The minimum absolute atomic E-state index is 0.0610. The quantitative estimate of drug-likeness (QED) is 0.761. The number of carbonyl (C=O) groups excluding carboxylic acids is 1. The molecule has 1 aromatic carbocycles. The fourth-order valence-electron chi connectivity index (χ4n) is 2.52. The van der Waals surface area contributed by atoms with Gasteiger partial charge in [0.25, 0.3) is 5.91 Å². The lowest BCUT2D eigenvalue weighted by atomic mass is 10.1. The van der Waals surface area contributed by atoms with Crippen LogP contribution in [0, 0.1) is 0 Å². The van der Waals surface area contributed by atoms with Crippen LogP contribution in [0.15, 0.2) is 47.9 Å². The first-order valence-electron chi connectivity index (χ1n) is 6.38. The highest BCUT2D eigenvalue weighted by Crippen LogP contribution is 2.32. The van der Waals surface area contributed by atoms with E-state index in [1.54, 1.807) is 17.4 Å². The number of hydrogen-bond donors (Lipinski definition) is 0. The van der Waals surface area contributed by atoms with Gasteiger partial charge in [-0.15, -0.1) is 11.3 Å². The maximum absolute atomic E-state index is 12.4. The van der Waals surface area contributed by atoms with Crippen LogP contribution in [0.5, 0.6) is 0 Å². The summed E-state index contributed by atoms with van der Waals surface area (Å²) in [5, 5.41) is 2.01. The van der Waals surface area contributed by atoms with Crippen LogP contribution in [0.25, 0.3) is 6.08 Å². The SMILES string of the molecule is CC1Cc2ccccc2N1C(=O)/C=C/c1cccs1. The highest BCUT2D eigenvalue weighted by atomic mass is 32.1. The normalized spacial score (nSPS) is 17.9. The Morgan fingerprint density at radius 1 is 1.32 bits per heavy atom. The summed E-state index contributed by atoms with van der Waals surface area (Å²) >= 11 is 1.64.